The monoisotopic (exact) mass is 291 g/mol. The van der Waals surface area contributed by atoms with E-state index in [1.165, 1.54) is 11.3 Å². The van der Waals surface area contributed by atoms with Crippen molar-refractivity contribution < 1.29 is 9.59 Å². The normalized spacial score (nSPS) is 16.4. The molecule has 0 atom stereocenters. The standard InChI is InChI=1S/C11H11Cl2NO2S/c12-9-5-7(11(13)17-9)8(15)6-14-4-2-1-3-10(14)16/h5H,1-4,6H2. The molecule has 1 saturated heterocycles. The first-order valence-corrected chi connectivity index (χ1v) is 6.91. The third-order valence-corrected chi connectivity index (χ3v) is 4.20. The van der Waals surface area contributed by atoms with Crippen molar-refractivity contribution in [1.29, 1.82) is 0 Å². The second kappa shape index (κ2) is 5.38. The summed E-state index contributed by atoms with van der Waals surface area (Å²) < 4.78 is 0.882. The molecule has 0 aliphatic carbocycles. The number of amides is 1. The Labute approximate surface area is 113 Å². The maximum Gasteiger partial charge on any atom is 0.222 e. The minimum Gasteiger partial charge on any atom is -0.335 e. The number of Topliss-reactive ketones (excluding diaryl/α,β-unsaturated/α-hetero) is 1. The van der Waals surface area contributed by atoms with E-state index < -0.39 is 0 Å². The average molecular weight is 292 g/mol. The molecule has 1 aliphatic rings. The molecule has 17 heavy (non-hydrogen) atoms. The van der Waals surface area contributed by atoms with Crippen LogP contribution in [-0.2, 0) is 4.79 Å². The van der Waals surface area contributed by atoms with Crippen molar-refractivity contribution in [1.82, 2.24) is 4.90 Å². The van der Waals surface area contributed by atoms with Crippen LogP contribution in [0.15, 0.2) is 6.07 Å². The molecule has 1 aromatic rings. The molecule has 0 N–H and O–H groups in total. The van der Waals surface area contributed by atoms with E-state index in [9.17, 15) is 9.59 Å². The minimum absolute atomic E-state index is 0.0436. The van der Waals surface area contributed by atoms with Gasteiger partial charge in [-0.2, -0.15) is 0 Å². The number of hydrogen-bond donors (Lipinski definition) is 0. The second-order valence-corrected chi connectivity index (χ2v) is 6.22. The Balaban J connectivity index is 2.06. The van der Waals surface area contributed by atoms with E-state index in [1.54, 1.807) is 11.0 Å². The van der Waals surface area contributed by atoms with Crippen molar-refractivity contribution in [3.63, 3.8) is 0 Å². The number of thiophene rings is 1. The number of ketones is 1. The highest BCUT2D eigenvalue weighted by Gasteiger charge is 2.23. The van der Waals surface area contributed by atoms with Gasteiger partial charge in [0.15, 0.2) is 5.78 Å². The molecule has 0 unspecified atom stereocenters. The average Bonchev–Trinajstić information content (AvgIpc) is 2.61. The van der Waals surface area contributed by atoms with E-state index >= 15 is 0 Å². The van der Waals surface area contributed by atoms with Gasteiger partial charge in [0.1, 0.15) is 4.34 Å². The number of carbonyl (C=O) groups excluding carboxylic acids is 2. The number of likely N-dealkylation sites (tertiary alicyclic amines) is 1. The zero-order valence-electron chi connectivity index (χ0n) is 9.04. The molecule has 0 spiro atoms. The fourth-order valence-corrected chi connectivity index (χ4v) is 3.32. The zero-order chi connectivity index (χ0) is 12.4. The molecule has 0 bridgehead atoms. The third kappa shape index (κ3) is 3.00. The molecule has 0 aromatic carbocycles. The molecule has 6 heteroatoms. The summed E-state index contributed by atoms with van der Waals surface area (Å²) in [6.07, 6.45) is 2.40. The Kier molecular flexibility index (Phi) is 4.07. The van der Waals surface area contributed by atoms with Crippen molar-refractivity contribution >= 4 is 46.2 Å². The number of carbonyl (C=O) groups is 2. The molecular formula is C11H11Cl2NO2S. The molecule has 1 aliphatic heterocycles. The van der Waals surface area contributed by atoms with E-state index in [4.69, 9.17) is 23.2 Å². The molecule has 3 nitrogen and oxygen atoms in total. The Bertz CT molecular complexity index is 458. The molecule has 2 heterocycles. The molecule has 92 valence electrons. The van der Waals surface area contributed by atoms with Gasteiger partial charge >= 0.3 is 0 Å². The van der Waals surface area contributed by atoms with Gasteiger partial charge in [-0.05, 0) is 18.9 Å². The van der Waals surface area contributed by atoms with Crippen LogP contribution in [0.25, 0.3) is 0 Å². The topological polar surface area (TPSA) is 37.4 Å². The van der Waals surface area contributed by atoms with Crippen molar-refractivity contribution in [2.24, 2.45) is 0 Å². The van der Waals surface area contributed by atoms with Gasteiger partial charge in [-0.15, -0.1) is 11.3 Å². The van der Waals surface area contributed by atoms with E-state index in [2.05, 4.69) is 0 Å². The van der Waals surface area contributed by atoms with Crippen LogP contribution < -0.4 is 0 Å². The molecule has 1 aromatic heterocycles. The number of hydrogen-bond acceptors (Lipinski definition) is 3. The first kappa shape index (κ1) is 12.9. The lowest BCUT2D eigenvalue weighted by atomic mass is 10.1. The van der Waals surface area contributed by atoms with Gasteiger partial charge in [-0.1, -0.05) is 23.2 Å². The van der Waals surface area contributed by atoms with Crippen molar-refractivity contribution in [2.75, 3.05) is 13.1 Å². The predicted molar refractivity (Wildman–Crippen MR) is 69.1 cm³/mol. The van der Waals surface area contributed by atoms with Crippen LogP contribution in [0, 0.1) is 0 Å². The quantitative estimate of drug-likeness (QED) is 0.802. The largest absolute Gasteiger partial charge is 0.335 e. The summed E-state index contributed by atoms with van der Waals surface area (Å²) in [6, 6.07) is 1.56. The van der Waals surface area contributed by atoms with E-state index in [0.29, 0.717) is 27.2 Å². The molecule has 1 fully saturated rings. The number of nitrogens with zero attached hydrogens (tertiary/aromatic N) is 1. The Morgan fingerprint density at radius 1 is 1.41 bits per heavy atom. The molecular weight excluding hydrogens is 281 g/mol. The van der Waals surface area contributed by atoms with Crippen LogP contribution in [0.1, 0.15) is 29.6 Å². The minimum atomic E-state index is -0.145. The molecule has 0 saturated carbocycles. The lowest BCUT2D eigenvalue weighted by Gasteiger charge is -2.25. The highest BCUT2D eigenvalue weighted by molar-refractivity contribution is 7.20. The SMILES string of the molecule is O=C(CN1CCCCC1=O)c1cc(Cl)sc1Cl. The summed E-state index contributed by atoms with van der Waals surface area (Å²) in [5.74, 6) is -0.101. The van der Waals surface area contributed by atoms with Gasteiger partial charge in [0.25, 0.3) is 0 Å². The van der Waals surface area contributed by atoms with E-state index in [1.807, 2.05) is 0 Å². The van der Waals surface area contributed by atoms with Gasteiger partial charge in [0.2, 0.25) is 5.91 Å². The Hall–Kier alpha value is -0.580. The van der Waals surface area contributed by atoms with Gasteiger partial charge in [-0.25, -0.2) is 0 Å². The second-order valence-electron chi connectivity index (χ2n) is 3.93. The van der Waals surface area contributed by atoms with Gasteiger partial charge in [0, 0.05) is 13.0 Å². The fraction of sp³-hybridized carbons (Fsp3) is 0.455. The Morgan fingerprint density at radius 3 is 2.76 bits per heavy atom. The van der Waals surface area contributed by atoms with Gasteiger partial charge in [0.05, 0.1) is 16.4 Å². The first-order chi connectivity index (χ1) is 8.08. The summed E-state index contributed by atoms with van der Waals surface area (Å²) in [5, 5.41) is 0. The first-order valence-electron chi connectivity index (χ1n) is 5.33. The van der Waals surface area contributed by atoms with Gasteiger partial charge < -0.3 is 4.90 Å². The zero-order valence-corrected chi connectivity index (χ0v) is 11.4. The van der Waals surface area contributed by atoms with Crippen LogP contribution in [-0.4, -0.2) is 29.7 Å². The van der Waals surface area contributed by atoms with E-state index in [-0.39, 0.29) is 18.2 Å². The highest BCUT2D eigenvalue weighted by atomic mass is 35.5. The number of halogens is 2. The van der Waals surface area contributed by atoms with Crippen LogP contribution in [0.5, 0.6) is 0 Å². The number of piperidine rings is 1. The number of rotatable bonds is 3. The molecule has 2 rings (SSSR count). The Morgan fingerprint density at radius 2 is 2.18 bits per heavy atom. The smallest absolute Gasteiger partial charge is 0.222 e. The van der Waals surface area contributed by atoms with Crippen molar-refractivity contribution in [3.05, 3.63) is 20.3 Å². The maximum atomic E-state index is 12.0. The van der Waals surface area contributed by atoms with Gasteiger partial charge in [-0.3, -0.25) is 9.59 Å². The molecule has 1 amide bonds. The summed E-state index contributed by atoms with van der Waals surface area (Å²) in [4.78, 5) is 25.1. The summed E-state index contributed by atoms with van der Waals surface area (Å²) in [5.41, 5.74) is 0.417. The maximum absolute atomic E-state index is 12.0. The lowest BCUT2D eigenvalue weighted by molar-refractivity contribution is -0.132. The van der Waals surface area contributed by atoms with Crippen LogP contribution in [0.4, 0.5) is 0 Å². The van der Waals surface area contributed by atoms with Crippen LogP contribution >= 0.6 is 34.5 Å². The fourth-order valence-electron chi connectivity index (χ4n) is 1.82. The highest BCUT2D eigenvalue weighted by Crippen LogP contribution is 2.31. The van der Waals surface area contributed by atoms with Crippen LogP contribution in [0.2, 0.25) is 8.67 Å². The predicted octanol–water partition coefficient (Wildman–Crippen LogP) is 3.25. The van der Waals surface area contributed by atoms with Crippen molar-refractivity contribution in [2.45, 2.75) is 19.3 Å². The summed E-state index contributed by atoms with van der Waals surface area (Å²) in [7, 11) is 0. The molecule has 0 radical (unpaired) electrons. The summed E-state index contributed by atoms with van der Waals surface area (Å²) >= 11 is 12.9. The lowest BCUT2D eigenvalue weighted by Crippen LogP contribution is -2.39. The van der Waals surface area contributed by atoms with Crippen LogP contribution in [0.3, 0.4) is 0 Å². The third-order valence-electron chi connectivity index (χ3n) is 2.71. The van der Waals surface area contributed by atoms with E-state index in [0.717, 1.165) is 12.8 Å². The summed E-state index contributed by atoms with van der Waals surface area (Å²) in [6.45, 7) is 0.756. The van der Waals surface area contributed by atoms with Crippen molar-refractivity contribution in [3.8, 4) is 0 Å².